The zero-order chi connectivity index (χ0) is 10.1. The highest BCUT2D eigenvalue weighted by atomic mass is 32.1. The molecular formula is C11H11NOS. The molecule has 1 aromatic carbocycles. The number of benzene rings is 1. The van der Waals surface area contributed by atoms with Crippen LogP contribution in [0.3, 0.4) is 0 Å². The first-order valence-corrected chi connectivity index (χ1v) is 5.19. The number of rotatable bonds is 1. The topological polar surface area (TPSA) is 46.2 Å². The smallest absolute Gasteiger partial charge is 0.124 e. The summed E-state index contributed by atoms with van der Waals surface area (Å²) < 4.78 is 0. The fourth-order valence-electron chi connectivity index (χ4n) is 1.38. The summed E-state index contributed by atoms with van der Waals surface area (Å²) in [5.41, 5.74) is 8.33. The molecule has 0 atom stereocenters. The third-order valence-electron chi connectivity index (χ3n) is 2.13. The molecule has 0 aliphatic carbocycles. The number of aryl methyl sites for hydroxylation is 1. The van der Waals surface area contributed by atoms with E-state index in [1.165, 1.54) is 0 Å². The molecule has 2 nitrogen and oxygen atoms in total. The highest BCUT2D eigenvalue weighted by molar-refractivity contribution is 7.13. The van der Waals surface area contributed by atoms with Crippen LogP contribution < -0.4 is 5.73 Å². The molecule has 3 N–H and O–H groups in total. The highest BCUT2D eigenvalue weighted by Crippen LogP contribution is 2.36. The maximum absolute atomic E-state index is 9.68. The Balaban J connectivity index is 2.62. The number of thiophene rings is 1. The van der Waals surface area contributed by atoms with Gasteiger partial charge in [0.2, 0.25) is 0 Å². The van der Waals surface area contributed by atoms with E-state index in [2.05, 4.69) is 0 Å². The van der Waals surface area contributed by atoms with E-state index in [0.29, 0.717) is 5.69 Å². The van der Waals surface area contributed by atoms with E-state index in [0.717, 1.165) is 16.0 Å². The Morgan fingerprint density at radius 3 is 2.71 bits per heavy atom. The van der Waals surface area contributed by atoms with Gasteiger partial charge in [-0.3, -0.25) is 0 Å². The van der Waals surface area contributed by atoms with Gasteiger partial charge in [0.25, 0.3) is 0 Å². The van der Waals surface area contributed by atoms with Crippen LogP contribution in [0.15, 0.2) is 29.6 Å². The molecule has 72 valence electrons. The van der Waals surface area contributed by atoms with Crippen molar-refractivity contribution in [2.24, 2.45) is 0 Å². The molecule has 1 aromatic heterocycles. The van der Waals surface area contributed by atoms with Crippen LogP contribution in [0.4, 0.5) is 5.69 Å². The zero-order valence-electron chi connectivity index (χ0n) is 7.82. The van der Waals surface area contributed by atoms with Gasteiger partial charge in [0.05, 0.1) is 0 Å². The van der Waals surface area contributed by atoms with Gasteiger partial charge < -0.3 is 10.8 Å². The van der Waals surface area contributed by atoms with Crippen LogP contribution in [-0.2, 0) is 0 Å². The first-order chi connectivity index (χ1) is 6.68. The summed E-state index contributed by atoms with van der Waals surface area (Å²) in [4.78, 5) is 1.08. The van der Waals surface area contributed by atoms with Crippen LogP contribution in [0, 0.1) is 6.92 Å². The predicted octanol–water partition coefficient (Wildman–Crippen LogP) is 3.01. The lowest BCUT2D eigenvalue weighted by molar-refractivity contribution is 0.477. The molecule has 0 radical (unpaired) electrons. The quantitative estimate of drug-likeness (QED) is 0.555. The van der Waals surface area contributed by atoms with Crippen LogP contribution in [0.25, 0.3) is 10.4 Å². The Hall–Kier alpha value is -1.48. The van der Waals surface area contributed by atoms with E-state index in [-0.39, 0.29) is 5.75 Å². The summed E-state index contributed by atoms with van der Waals surface area (Å²) >= 11 is 1.61. The second-order valence-corrected chi connectivity index (χ2v) is 4.13. The van der Waals surface area contributed by atoms with Gasteiger partial charge in [0.1, 0.15) is 5.75 Å². The van der Waals surface area contributed by atoms with Gasteiger partial charge in [-0.05, 0) is 42.1 Å². The standard InChI is InChI=1S/C11H11NOS/c1-7-4-5-14-11(7)9-6-8(12)2-3-10(9)13/h2-6,13H,12H2,1H3. The van der Waals surface area contributed by atoms with E-state index in [1.54, 1.807) is 29.5 Å². The average Bonchev–Trinajstić information content (AvgIpc) is 2.56. The van der Waals surface area contributed by atoms with Gasteiger partial charge in [0.15, 0.2) is 0 Å². The molecule has 0 aliphatic rings. The van der Waals surface area contributed by atoms with E-state index in [1.807, 2.05) is 18.4 Å². The summed E-state index contributed by atoms with van der Waals surface area (Å²) in [6.07, 6.45) is 0. The van der Waals surface area contributed by atoms with Gasteiger partial charge in [-0.1, -0.05) is 0 Å². The van der Waals surface area contributed by atoms with Crippen LogP contribution >= 0.6 is 11.3 Å². The molecule has 0 saturated carbocycles. The normalized spacial score (nSPS) is 10.4. The monoisotopic (exact) mass is 205 g/mol. The number of hydrogen-bond donors (Lipinski definition) is 2. The maximum atomic E-state index is 9.68. The number of phenolic OH excluding ortho intramolecular Hbond substituents is 1. The Kier molecular flexibility index (Phi) is 2.17. The lowest BCUT2D eigenvalue weighted by Gasteiger charge is -2.04. The van der Waals surface area contributed by atoms with Gasteiger partial charge in [-0.25, -0.2) is 0 Å². The van der Waals surface area contributed by atoms with Crippen LogP contribution in [-0.4, -0.2) is 5.11 Å². The number of phenols is 1. The minimum atomic E-state index is 0.282. The summed E-state index contributed by atoms with van der Waals surface area (Å²) in [6, 6.07) is 7.16. The highest BCUT2D eigenvalue weighted by Gasteiger charge is 2.08. The summed E-state index contributed by atoms with van der Waals surface area (Å²) in [5, 5.41) is 11.7. The van der Waals surface area contributed by atoms with Crippen molar-refractivity contribution in [3.05, 3.63) is 35.2 Å². The van der Waals surface area contributed by atoms with Crippen molar-refractivity contribution < 1.29 is 5.11 Å². The molecule has 2 aromatic rings. The lowest BCUT2D eigenvalue weighted by atomic mass is 10.1. The number of nitrogen functional groups attached to an aromatic ring is 1. The Labute approximate surface area is 86.6 Å². The number of anilines is 1. The fourth-order valence-corrected chi connectivity index (χ4v) is 2.34. The third kappa shape index (κ3) is 1.46. The van der Waals surface area contributed by atoms with Crippen LogP contribution in [0.5, 0.6) is 5.75 Å². The molecule has 0 saturated heterocycles. The minimum absolute atomic E-state index is 0.282. The number of hydrogen-bond acceptors (Lipinski definition) is 3. The fraction of sp³-hybridized carbons (Fsp3) is 0.0909. The second kappa shape index (κ2) is 3.35. The molecule has 1 heterocycles. The Bertz CT molecular complexity index is 462. The maximum Gasteiger partial charge on any atom is 0.124 e. The van der Waals surface area contributed by atoms with Crippen molar-refractivity contribution in [3.63, 3.8) is 0 Å². The van der Waals surface area contributed by atoms with Gasteiger partial charge in [0, 0.05) is 16.1 Å². The summed E-state index contributed by atoms with van der Waals surface area (Å²) in [5.74, 6) is 0.282. The Morgan fingerprint density at radius 1 is 1.29 bits per heavy atom. The molecule has 0 spiro atoms. The lowest BCUT2D eigenvalue weighted by Crippen LogP contribution is -1.85. The molecular weight excluding hydrogens is 194 g/mol. The molecule has 0 aliphatic heterocycles. The van der Waals surface area contributed by atoms with Gasteiger partial charge in [-0.15, -0.1) is 11.3 Å². The largest absolute Gasteiger partial charge is 0.507 e. The number of aromatic hydroxyl groups is 1. The molecule has 0 unspecified atom stereocenters. The van der Waals surface area contributed by atoms with E-state index < -0.39 is 0 Å². The van der Waals surface area contributed by atoms with E-state index >= 15 is 0 Å². The van der Waals surface area contributed by atoms with Crippen molar-refractivity contribution in [2.45, 2.75) is 6.92 Å². The van der Waals surface area contributed by atoms with Crippen molar-refractivity contribution in [1.29, 1.82) is 0 Å². The molecule has 0 amide bonds. The molecule has 3 heteroatoms. The SMILES string of the molecule is Cc1ccsc1-c1cc(N)ccc1O. The minimum Gasteiger partial charge on any atom is -0.507 e. The first-order valence-electron chi connectivity index (χ1n) is 4.31. The molecule has 14 heavy (non-hydrogen) atoms. The second-order valence-electron chi connectivity index (χ2n) is 3.21. The van der Waals surface area contributed by atoms with Gasteiger partial charge in [-0.2, -0.15) is 0 Å². The zero-order valence-corrected chi connectivity index (χ0v) is 8.64. The molecule has 0 fully saturated rings. The van der Waals surface area contributed by atoms with Crippen molar-refractivity contribution in [3.8, 4) is 16.2 Å². The van der Waals surface area contributed by atoms with Crippen molar-refractivity contribution in [2.75, 3.05) is 5.73 Å². The van der Waals surface area contributed by atoms with Crippen molar-refractivity contribution >= 4 is 17.0 Å². The van der Waals surface area contributed by atoms with Crippen LogP contribution in [0.2, 0.25) is 0 Å². The third-order valence-corrected chi connectivity index (χ3v) is 3.18. The van der Waals surface area contributed by atoms with Crippen molar-refractivity contribution in [1.82, 2.24) is 0 Å². The summed E-state index contributed by atoms with van der Waals surface area (Å²) in [7, 11) is 0. The van der Waals surface area contributed by atoms with E-state index in [4.69, 9.17) is 5.73 Å². The van der Waals surface area contributed by atoms with Gasteiger partial charge >= 0.3 is 0 Å². The van der Waals surface area contributed by atoms with E-state index in [9.17, 15) is 5.11 Å². The Morgan fingerprint density at radius 2 is 2.07 bits per heavy atom. The first kappa shape index (κ1) is 9.09. The predicted molar refractivity (Wildman–Crippen MR) is 60.6 cm³/mol. The van der Waals surface area contributed by atoms with Crippen LogP contribution in [0.1, 0.15) is 5.56 Å². The number of nitrogens with two attached hydrogens (primary N) is 1. The molecule has 0 bridgehead atoms. The summed E-state index contributed by atoms with van der Waals surface area (Å²) in [6.45, 7) is 2.02. The average molecular weight is 205 g/mol. The molecule has 2 rings (SSSR count).